The van der Waals surface area contributed by atoms with Crippen LogP contribution in [0.15, 0.2) is 29.3 Å². The molecule has 80 valence electrons. The largest absolute Gasteiger partial charge is 0.380 e. The first kappa shape index (κ1) is 12.4. The Morgan fingerprint density at radius 3 is 2.80 bits per heavy atom. The van der Waals surface area contributed by atoms with Gasteiger partial charge in [-0.15, -0.1) is 0 Å². The number of halogens is 2. The number of nitrogens with zero attached hydrogens (tertiary/aromatic N) is 1. The molecular formula is C9H8BrIN2O2. The van der Waals surface area contributed by atoms with Crippen LogP contribution in [0.1, 0.15) is 0 Å². The number of rotatable bonds is 4. The third kappa shape index (κ3) is 3.78. The molecule has 4 nitrogen and oxygen atoms in total. The summed E-state index contributed by atoms with van der Waals surface area (Å²) in [6.45, 7) is 4.27. The molecule has 1 N–H and O–H groups in total. The Balaban J connectivity index is 2.82. The number of nitro benzene ring substituents is 1. The predicted molar refractivity (Wildman–Crippen MR) is 72.4 cm³/mol. The first-order valence-electron chi connectivity index (χ1n) is 4.02. The molecule has 0 bridgehead atoms. The second-order valence-corrected chi connectivity index (χ2v) is 5.08. The number of nitro groups is 1. The average Bonchev–Trinajstić information content (AvgIpc) is 2.14. The zero-order valence-electron chi connectivity index (χ0n) is 7.67. The van der Waals surface area contributed by atoms with Crippen molar-refractivity contribution < 1.29 is 4.92 Å². The number of nitrogens with one attached hydrogen (secondary N) is 1. The molecule has 0 radical (unpaired) electrons. The standard InChI is InChI=1S/C9H8BrIN2O2/c1-6(10)5-12-7-2-3-9(13(14)15)8(11)4-7/h2-4,12H,1,5H2. The predicted octanol–water partition coefficient (Wildman–Crippen LogP) is 3.52. The summed E-state index contributed by atoms with van der Waals surface area (Å²) >= 11 is 5.16. The van der Waals surface area contributed by atoms with E-state index in [4.69, 9.17) is 0 Å². The molecule has 0 amide bonds. The van der Waals surface area contributed by atoms with E-state index in [1.54, 1.807) is 12.1 Å². The first-order chi connectivity index (χ1) is 7.00. The third-order valence-corrected chi connectivity index (χ3v) is 2.77. The van der Waals surface area contributed by atoms with Crippen molar-refractivity contribution in [1.82, 2.24) is 0 Å². The van der Waals surface area contributed by atoms with Crippen molar-refractivity contribution in [2.75, 3.05) is 11.9 Å². The van der Waals surface area contributed by atoms with Gasteiger partial charge in [-0.25, -0.2) is 0 Å². The van der Waals surface area contributed by atoms with Crippen LogP contribution in [-0.4, -0.2) is 11.5 Å². The van der Waals surface area contributed by atoms with Gasteiger partial charge >= 0.3 is 0 Å². The highest BCUT2D eigenvalue weighted by atomic mass is 127. The fourth-order valence-electron chi connectivity index (χ4n) is 0.963. The van der Waals surface area contributed by atoms with Crippen LogP contribution in [0.2, 0.25) is 0 Å². The Morgan fingerprint density at radius 2 is 2.33 bits per heavy atom. The monoisotopic (exact) mass is 382 g/mol. The van der Waals surface area contributed by atoms with E-state index < -0.39 is 4.92 Å². The summed E-state index contributed by atoms with van der Waals surface area (Å²) in [4.78, 5) is 10.2. The van der Waals surface area contributed by atoms with E-state index in [1.165, 1.54) is 6.07 Å². The quantitative estimate of drug-likeness (QED) is 0.492. The van der Waals surface area contributed by atoms with Crippen LogP contribution in [0.5, 0.6) is 0 Å². The number of benzene rings is 1. The number of hydrogen-bond donors (Lipinski definition) is 1. The highest BCUT2D eigenvalue weighted by molar-refractivity contribution is 14.1. The van der Waals surface area contributed by atoms with Crippen LogP contribution >= 0.6 is 38.5 Å². The molecule has 0 aliphatic carbocycles. The van der Waals surface area contributed by atoms with Crippen LogP contribution in [0.3, 0.4) is 0 Å². The van der Waals surface area contributed by atoms with E-state index in [2.05, 4.69) is 27.8 Å². The second-order valence-electron chi connectivity index (χ2n) is 2.79. The Bertz CT molecular complexity index is 409. The molecule has 0 spiro atoms. The van der Waals surface area contributed by atoms with Crippen LogP contribution in [0.25, 0.3) is 0 Å². The highest BCUT2D eigenvalue weighted by Gasteiger charge is 2.10. The topological polar surface area (TPSA) is 55.2 Å². The molecule has 0 aromatic heterocycles. The Morgan fingerprint density at radius 1 is 1.67 bits per heavy atom. The molecule has 0 atom stereocenters. The summed E-state index contributed by atoms with van der Waals surface area (Å²) in [6, 6.07) is 4.89. The summed E-state index contributed by atoms with van der Waals surface area (Å²) in [5.41, 5.74) is 0.962. The Labute approximate surface area is 109 Å². The molecule has 15 heavy (non-hydrogen) atoms. The molecule has 1 rings (SSSR count). The van der Waals surface area contributed by atoms with E-state index in [0.717, 1.165) is 10.2 Å². The van der Waals surface area contributed by atoms with Crippen molar-refractivity contribution >= 4 is 49.9 Å². The van der Waals surface area contributed by atoms with Gasteiger partial charge in [0.1, 0.15) is 0 Å². The molecule has 0 aliphatic heterocycles. The molecule has 0 saturated heterocycles. The minimum absolute atomic E-state index is 0.124. The first-order valence-corrected chi connectivity index (χ1v) is 5.89. The molecular weight excluding hydrogens is 375 g/mol. The van der Waals surface area contributed by atoms with Crippen molar-refractivity contribution in [2.45, 2.75) is 0 Å². The lowest BCUT2D eigenvalue weighted by molar-refractivity contribution is -0.385. The van der Waals surface area contributed by atoms with Gasteiger partial charge in [0.2, 0.25) is 0 Å². The van der Waals surface area contributed by atoms with E-state index in [0.29, 0.717) is 10.1 Å². The summed E-state index contributed by atoms with van der Waals surface area (Å²) < 4.78 is 1.44. The van der Waals surface area contributed by atoms with Crippen LogP contribution in [0.4, 0.5) is 11.4 Å². The minimum Gasteiger partial charge on any atom is -0.380 e. The molecule has 0 fully saturated rings. The highest BCUT2D eigenvalue weighted by Crippen LogP contribution is 2.24. The van der Waals surface area contributed by atoms with Gasteiger partial charge in [-0.3, -0.25) is 10.1 Å². The summed E-state index contributed by atoms with van der Waals surface area (Å²) in [7, 11) is 0. The van der Waals surface area contributed by atoms with Gasteiger partial charge in [0.05, 0.1) is 8.49 Å². The molecule has 0 unspecified atom stereocenters. The van der Waals surface area contributed by atoms with E-state index >= 15 is 0 Å². The van der Waals surface area contributed by atoms with Crippen LogP contribution in [0, 0.1) is 13.7 Å². The van der Waals surface area contributed by atoms with Crippen molar-refractivity contribution in [3.63, 3.8) is 0 Å². The average molecular weight is 383 g/mol. The van der Waals surface area contributed by atoms with Crippen molar-refractivity contribution in [3.05, 3.63) is 42.9 Å². The fourth-order valence-corrected chi connectivity index (χ4v) is 1.82. The summed E-state index contributed by atoms with van der Waals surface area (Å²) in [5, 5.41) is 13.6. The molecule has 1 aromatic rings. The smallest absolute Gasteiger partial charge is 0.282 e. The van der Waals surface area contributed by atoms with Crippen LogP contribution in [-0.2, 0) is 0 Å². The normalized spacial score (nSPS) is 9.73. The van der Waals surface area contributed by atoms with Gasteiger partial charge in [-0.1, -0.05) is 22.5 Å². The van der Waals surface area contributed by atoms with Crippen LogP contribution < -0.4 is 5.32 Å². The summed E-state index contributed by atoms with van der Waals surface area (Å²) in [6.07, 6.45) is 0. The fraction of sp³-hybridized carbons (Fsp3) is 0.111. The summed E-state index contributed by atoms with van der Waals surface area (Å²) in [5.74, 6) is 0. The van der Waals surface area contributed by atoms with E-state index in [-0.39, 0.29) is 5.69 Å². The molecule has 1 aromatic carbocycles. The zero-order valence-corrected chi connectivity index (χ0v) is 11.4. The van der Waals surface area contributed by atoms with Crippen molar-refractivity contribution in [1.29, 1.82) is 0 Å². The van der Waals surface area contributed by atoms with Crippen molar-refractivity contribution in [2.24, 2.45) is 0 Å². The van der Waals surface area contributed by atoms with Gasteiger partial charge in [0, 0.05) is 22.8 Å². The molecule has 0 saturated carbocycles. The molecule has 6 heteroatoms. The van der Waals surface area contributed by atoms with E-state index in [9.17, 15) is 10.1 Å². The van der Waals surface area contributed by atoms with Gasteiger partial charge in [0.15, 0.2) is 0 Å². The lowest BCUT2D eigenvalue weighted by Crippen LogP contribution is -2.01. The second kappa shape index (κ2) is 5.45. The Kier molecular flexibility index (Phi) is 4.52. The maximum Gasteiger partial charge on any atom is 0.282 e. The minimum atomic E-state index is -0.394. The van der Waals surface area contributed by atoms with Gasteiger partial charge in [-0.2, -0.15) is 0 Å². The zero-order chi connectivity index (χ0) is 11.4. The van der Waals surface area contributed by atoms with Gasteiger partial charge in [0.25, 0.3) is 5.69 Å². The third-order valence-electron chi connectivity index (χ3n) is 1.63. The Hall–Kier alpha value is -0.630. The lowest BCUT2D eigenvalue weighted by Gasteiger charge is -2.05. The number of hydrogen-bond acceptors (Lipinski definition) is 3. The van der Waals surface area contributed by atoms with Crippen molar-refractivity contribution in [3.8, 4) is 0 Å². The molecule has 0 heterocycles. The lowest BCUT2D eigenvalue weighted by atomic mass is 10.3. The van der Waals surface area contributed by atoms with E-state index in [1.807, 2.05) is 22.6 Å². The maximum absolute atomic E-state index is 10.6. The van der Waals surface area contributed by atoms with Gasteiger partial charge in [-0.05, 0) is 34.7 Å². The molecule has 0 aliphatic rings. The number of anilines is 1. The van der Waals surface area contributed by atoms with Gasteiger partial charge < -0.3 is 5.32 Å². The SMILES string of the molecule is C=C(Br)CNc1ccc([N+](=O)[O-])c(I)c1. The maximum atomic E-state index is 10.6.